The fourth-order valence-corrected chi connectivity index (χ4v) is 6.49. The first-order chi connectivity index (χ1) is 18.8. The van der Waals surface area contributed by atoms with Gasteiger partial charge in [0.2, 0.25) is 0 Å². The highest BCUT2D eigenvalue weighted by atomic mass is 16.3. The molecule has 0 spiro atoms. The fourth-order valence-electron chi connectivity index (χ4n) is 6.49. The third kappa shape index (κ3) is 2.56. The topological polar surface area (TPSA) is 18.1 Å². The van der Waals surface area contributed by atoms with Gasteiger partial charge in [-0.05, 0) is 70.6 Å². The van der Waals surface area contributed by atoms with E-state index < -0.39 is 0 Å². The molecule has 8 aromatic rings. The van der Waals surface area contributed by atoms with Crippen LogP contribution in [0.4, 0.5) is 0 Å². The van der Waals surface area contributed by atoms with E-state index in [2.05, 4.69) is 126 Å². The van der Waals surface area contributed by atoms with Crippen LogP contribution in [-0.2, 0) is 0 Å². The van der Waals surface area contributed by atoms with E-state index >= 15 is 0 Å². The van der Waals surface area contributed by atoms with Gasteiger partial charge in [-0.15, -0.1) is 0 Å². The lowest BCUT2D eigenvalue weighted by molar-refractivity contribution is 0.634. The number of aromatic nitrogens is 1. The number of benzene rings is 6. The van der Waals surface area contributed by atoms with Crippen molar-refractivity contribution in [2.24, 2.45) is 0 Å². The van der Waals surface area contributed by atoms with Gasteiger partial charge in [-0.3, -0.25) is 0 Å². The van der Waals surface area contributed by atoms with Crippen LogP contribution in [0, 0.1) is 0 Å². The van der Waals surface area contributed by atoms with E-state index in [-0.39, 0.29) is 0 Å². The third-order valence-electron chi connectivity index (χ3n) is 8.11. The van der Waals surface area contributed by atoms with Crippen LogP contribution in [0.15, 0.2) is 132 Å². The molecule has 0 radical (unpaired) electrons. The minimum absolute atomic E-state index is 0.945. The highest BCUT2D eigenvalue weighted by molar-refractivity contribution is 6.21. The van der Waals surface area contributed by atoms with Crippen molar-refractivity contribution in [3.8, 4) is 39.3 Å². The Morgan fingerprint density at radius 1 is 0.500 bits per heavy atom. The van der Waals surface area contributed by atoms with Crippen molar-refractivity contribution in [2.75, 3.05) is 0 Å². The minimum atomic E-state index is 0.945. The van der Waals surface area contributed by atoms with Crippen LogP contribution < -0.4 is 0 Å². The highest BCUT2D eigenvalue weighted by Crippen LogP contribution is 2.52. The maximum absolute atomic E-state index is 6.38. The van der Waals surface area contributed by atoms with E-state index in [0.29, 0.717) is 0 Å². The lowest BCUT2D eigenvalue weighted by atomic mass is 9.94. The number of hydrogen-bond acceptors (Lipinski definition) is 1. The summed E-state index contributed by atoms with van der Waals surface area (Å²) in [5, 5.41) is 6.25. The van der Waals surface area contributed by atoms with Gasteiger partial charge in [0.05, 0.1) is 11.0 Å². The summed E-state index contributed by atoms with van der Waals surface area (Å²) in [5.74, 6) is 0.991. The van der Waals surface area contributed by atoms with E-state index in [0.717, 1.165) is 11.3 Å². The summed E-state index contributed by atoms with van der Waals surface area (Å²) in [6.45, 7) is 0. The predicted molar refractivity (Wildman–Crippen MR) is 158 cm³/mol. The summed E-state index contributed by atoms with van der Waals surface area (Å²) in [5.41, 5.74) is 10.7. The van der Waals surface area contributed by atoms with Crippen LogP contribution in [0.5, 0.6) is 0 Å². The van der Waals surface area contributed by atoms with Crippen LogP contribution in [0.25, 0.3) is 82.8 Å². The van der Waals surface area contributed by atoms with Crippen molar-refractivity contribution in [2.45, 2.75) is 0 Å². The number of nitrogens with zero attached hydrogens (tertiary/aromatic N) is 1. The molecular weight excluding hydrogens is 462 g/mol. The number of fused-ring (bicyclic) bond motifs is 8. The Morgan fingerprint density at radius 3 is 2.21 bits per heavy atom. The number of hydrogen-bond donors (Lipinski definition) is 0. The molecule has 0 bridgehead atoms. The van der Waals surface area contributed by atoms with Gasteiger partial charge < -0.3 is 8.98 Å². The summed E-state index contributed by atoms with van der Waals surface area (Å²) in [7, 11) is 0. The summed E-state index contributed by atoms with van der Waals surface area (Å²) >= 11 is 0. The molecule has 0 saturated carbocycles. The van der Waals surface area contributed by atoms with Crippen LogP contribution >= 0.6 is 0 Å². The standard InChI is InChI=1S/C36H21NO/c1-2-10-25(11-3-1)37-31-15-6-4-12-26(31)29-20-22(17-18-32(29)37)24-19-23-9-8-14-28-34(23)30(21-24)35-27-13-5-7-16-33(27)38-36(28)35/h1-21H. The Balaban J connectivity index is 1.32. The fraction of sp³-hybridized carbons (Fsp3) is 0. The third-order valence-corrected chi connectivity index (χ3v) is 8.11. The van der Waals surface area contributed by atoms with Gasteiger partial charge in [0.25, 0.3) is 0 Å². The SMILES string of the molecule is c1ccc(-n2c3ccccc3c3cc(-c4cc5c6c(cccc6c4)-c4oc6ccccc6c4-5)ccc32)cc1. The molecule has 38 heavy (non-hydrogen) atoms. The van der Waals surface area contributed by atoms with E-state index in [1.165, 1.54) is 71.5 Å². The molecular formula is C36H21NO. The largest absolute Gasteiger partial charge is 0.455 e. The zero-order chi connectivity index (χ0) is 24.8. The Bertz CT molecular complexity index is 2230. The first-order valence-electron chi connectivity index (χ1n) is 13.0. The Hall–Kier alpha value is -5.08. The summed E-state index contributed by atoms with van der Waals surface area (Å²) in [4.78, 5) is 0. The Labute approximate surface area is 219 Å². The van der Waals surface area contributed by atoms with Crippen molar-refractivity contribution in [1.82, 2.24) is 4.57 Å². The van der Waals surface area contributed by atoms with Gasteiger partial charge in [-0.25, -0.2) is 0 Å². The minimum Gasteiger partial charge on any atom is -0.455 e. The van der Waals surface area contributed by atoms with Gasteiger partial charge in [-0.1, -0.05) is 78.9 Å². The van der Waals surface area contributed by atoms with E-state index in [1.807, 2.05) is 6.07 Å². The van der Waals surface area contributed by atoms with Gasteiger partial charge in [0, 0.05) is 38.4 Å². The van der Waals surface area contributed by atoms with Gasteiger partial charge in [0.1, 0.15) is 11.3 Å². The first kappa shape index (κ1) is 20.0. The van der Waals surface area contributed by atoms with Crippen LogP contribution in [0.2, 0.25) is 0 Å². The van der Waals surface area contributed by atoms with E-state index in [1.54, 1.807) is 0 Å². The average Bonchev–Trinajstić information content (AvgIpc) is 3.62. The highest BCUT2D eigenvalue weighted by Gasteiger charge is 2.28. The molecule has 0 amide bonds. The maximum Gasteiger partial charge on any atom is 0.143 e. The van der Waals surface area contributed by atoms with Crippen molar-refractivity contribution >= 4 is 43.5 Å². The maximum atomic E-state index is 6.38. The quantitative estimate of drug-likeness (QED) is 0.239. The van der Waals surface area contributed by atoms with Crippen LogP contribution in [0.3, 0.4) is 0 Å². The summed E-state index contributed by atoms with van der Waals surface area (Å²) in [6.07, 6.45) is 0. The molecule has 0 fully saturated rings. The molecule has 0 unspecified atom stereocenters. The molecule has 2 heteroatoms. The van der Waals surface area contributed by atoms with Crippen LogP contribution in [0.1, 0.15) is 0 Å². The number of para-hydroxylation sites is 3. The van der Waals surface area contributed by atoms with E-state index in [4.69, 9.17) is 4.42 Å². The smallest absolute Gasteiger partial charge is 0.143 e. The summed E-state index contributed by atoms with van der Waals surface area (Å²) < 4.78 is 8.74. The molecule has 0 atom stereocenters. The lowest BCUT2D eigenvalue weighted by Crippen LogP contribution is -1.92. The Kier molecular flexibility index (Phi) is 3.82. The average molecular weight is 484 g/mol. The molecule has 2 heterocycles. The molecule has 176 valence electrons. The van der Waals surface area contributed by atoms with Gasteiger partial charge in [0.15, 0.2) is 0 Å². The van der Waals surface area contributed by atoms with Crippen molar-refractivity contribution < 1.29 is 4.42 Å². The Morgan fingerprint density at radius 2 is 1.29 bits per heavy atom. The molecule has 0 saturated heterocycles. The summed E-state index contributed by atoms with van der Waals surface area (Å²) in [6, 6.07) is 45.8. The number of furan rings is 1. The van der Waals surface area contributed by atoms with Crippen molar-refractivity contribution in [3.63, 3.8) is 0 Å². The van der Waals surface area contributed by atoms with Crippen molar-refractivity contribution in [3.05, 3.63) is 127 Å². The zero-order valence-corrected chi connectivity index (χ0v) is 20.5. The second-order valence-electron chi connectivity index (χ2n) is 10.1. The monoisotopic (exact) mass is 483 g/mol. The zero-order valence-electron chi connectivity index (χ0n) is 20.5. The van der Waals surface area contributed by atoms with Crippen molar-refractivity contribution in [1.29, 1.82) is 0 Å². The second-order valence-corrected chi connectivity index (χ2v) is 10.1. The van der Waals surface area contributed by atoms with Gasteiger partial charge >= 0.3 is 0 Å². The van der Waals surface area contributed by atoms with Crippen LogP contribution in [-0.4, -0.2) is 4.57 Å². The molecule has 9 rings (SSSR count). The molecule has 6 aromatic carbocycles. The molecule has 2 aromatic heterocycles. The first-order valence-corrected chi connectivity index (χ1v) is 13.0. The molecule has 1 aliphatic carbocycles. The number of rotatable bonds is 2. The molecule has 0 N–H and O–H groups in total. The predicted octanol–water partition coefficient (Wildman–Crippen LogP) is 10.00. The second kappa shape index (κ2) is 7.24. The molecule has 1 aliphatic rings. The lowest BCUT2D eigenvalue weighted by Gasteiger charge is -2.10. The van der Waals surface area contributed by atoms with E-state index in [9.17, 15) is 0 Å². The van der Waals surface area contributed by atoms with Gasteiger partial charge in [-0.2, -0.15) is 0 Å². The molecule has 2 nitrogen and oxygen atoms in total. The normalized spacial score (nSPS) is 12.2. The molecule has 0 aliphatic heterocycles.